The highest BCUT2D eigenvalue weighted by Gasteiger charge is 2.39. The van der Waals surface area contributed by atoms with Crippen LogP contribution < -0.4 is 14.2 Å². The average molecular weight is 392 g/mol. The van der Waals surface area contributed by atoms with Gasteiger partial charge in [0, 0.05) is 5.39 Å². The van der Waals surface area contributed by atoms with Gasteiger partial charge in [0.05, 0.1) is 50.2 Å². The Balaban J connectivity index is 1.78. The lowest BCUT2D eigenvalue weighted by molar-refractivity contribution is 0.0642. The molecular weight excluding hydrogens is 372 g/mol. The fourth-order valence-electron chi connectivity index (χ4n) is 3.73. The van der Waals surface area contributed by atoms with E-state index in [0.717, 1.165) is 0 Å². The molecule has 0 fully saturated rings. The first-order valence-corrected chi connectivity index (χ1v) is 9.04. The van der Waals surface area contributed by atoms with Gasteiger partial charge in [0.1, 0.15) is 0 Å². The molecule has 2 aromatic carbocycles. The minimum absolute atomic E-state index is 0.0802. The van der Waals surface area contributed by atoms with Crippen LogP contribution >= 0.6 is 0 Å². The number of fused-ring (bicyclic) bond motifs is 3. The number of para-hydroxylation sites is 1. The van der Waals surface area contributed by atoms with Gasteiger partial charge in [0.2, 0.25) is 5.75 Å². The first-order chi connectivity index (χ1) is 14.0. The summed E-state index contributed by atoms with van der Waals surface area (Å²) in [7, 11) is 4.56. The fraction of sp³-hybridized carbons (Fsp3) is 0.227. The summed E-state index contributed by atoms with van der Waals surface area (Å²) < 4.78 is 16.1. The Kier molecular flexibility index (Phi) is 4.58. The number of nitrogens with zero attached hydrogens (tertiary/aromatic N) is 2. The van der Waals surface area contributed by atoms with Crippen molar-refractivity contribution in [2.45, 2.75) is 13.5 Å². The van der Waals surface area contributed by atoms with Gasteiger partial charge in [-0.05, 0) is 30.7 Å². The number of rotatable bonds is 5. The number of ether oxygens (including phenoxy) is 3. The molecule has 0 radical (unpaired) electrons. The molecule has 1 aliphatic rings. The number of aromatic nitrogens is 1. The van der Waals surface area contributed by atoms with Gasteiger partial charge in [-0.15, -0.1) is 0 Å². The monoisotopic (exact) mass is 392 g/mol. The quantitative estimate of drug-likeness (QED) is 0.620. The number of pyridine rings is 1. The fourth-order valence-corrected chi connectivity index (χ4v) is 3.73. The maximum absolute atomic E-state index is 13.2. The number of carbonyl (C=O) groups is 2. The molecule has 2 amide bonds. The van der Waals surface area contributed by atoms with E-state index >= 15 is 0 Å². The Hall–Kier alpha value is -3.61. The van der Waals surface area contributed by atoms with Gasteiger partial charge in [0.15, 0.2) is 11.5 Å². The first kappa shape index (κ1) is 18.7. The zero-order chi connectivity index (χ0) is 20.7. The molecule has 148 valence electrons. The van der Waals surface area contributed by atoms with Crippen molar-refractivity contribution in [2.24, 2.45) is 0 Å². The van der Waals surface area contributed by atoms with Crippen molar-refractivity contribution in [3.63, 3.8) is 0 Å². The van der Waals surface area contributed by atoms with Crippen molar-refractivity contribution in [3.8, 4) is 17.2 Å². The van der Waals surface area contributed by atoms with Crippen molar-refractivity contribution >= 4 is 22.7 Å². The summed E-state index contributed by atoms with van der Waals surface area (Å²) in [5.41, 5.74) is 2.69. The van der Waals surface area contributed by atoms with E-state index in [2.05, 4.69) is 4.98 Å². The van der Waals surface area contributed by atoms with Crippen LogP contribution in [0.1, 0.15) is 32.0 Å². The van der Waals surface area contributed by atoms with Gasteiger partial charge in [-0.25, -0.2) is 0 Å². The predicted octanol–water partition coefficient (Wildman–Crippen LogP) is 3.37. The lowest BCUT2D eigenvalue weighted by atomic mass is 10.0. The van der Waals surface area contributed by atoms with Gasteiger partial charge in [0.25, 0.3) is 11.8 Å². The largest absolute Gasteiger partial charge is 0.493 e. The number of amides is 2. The smallest absolute Gasteiger partial charge is 0.263 e. The molecule has 1 aliphatic heterocycles. The van der Waals surface area contributed by atoms with E-state index in [0.29, 0.717) is 50.5 Å². The van der Waals surface area contributed by atoms with Crippen LogP contribution in [0, 0.1) is 6.92 Å². The third kappa shape index (κ3) is 2.86. The van der Waals surface area contributed by atoms with Gasteiger partial charge in [-0.1, -0.05) is 18.2 Å². The van der Waals surface area contributed by atoms with Crippen LogP contribution in [0.25, 0.3) is 10.9 Å². The third-order valence-electron chi connectivity index (χ3n) is 5.06. The number of hydrogen-bond donors (Lipinski definition) is 0. The molecule has 0 bridgehead atoms. The molecule has 0 saturated heterocycles. The SMILES string of the molecule is COc1cc(CN2C(=O)c3c(C)nc4ccccc4c3C2=O)cc(OC)c1OC. The Morgan fingerprint density at radius 3 is 2.14 bits per heavy atom. The summed E-state index contributed by atoms with van der Waals surface area (Å²) in [5, 5.41) is 0.679. The number of aryl methyl sites for hydroxylation is 1. The summed E-state index contributed by atoms with van der Waals surface area (Å²) in [6.45, 7) is 1.83. The topological polar surface area (TPSA) is 78.0 Å². The molecule has 0 unspecified atom stereocenters. The first-order valence-electron chi connectivity index (χ1n) is 9.04. The second-order valence-electron chi connectivity index (χ2n) is 6.69. The Bertz CT molecular complexity index is 1130. The van der Waals surface area contributed by atoms with E-state index < -0.39 is 0 Å². The molecule has 7 nitrogen and oxygen atoms in total. The molecule has 0 aliphatic carbocycles. The summed E-state index contributed by atoms with van der Waals surface area (Å²) in [4.78, 5) is 32.0. The molecule has 0 saturated carbocycles. The molecule has 1 aromatic heterocycles. The third-order valence-corrected chi connectivity index (χ3v) is 5.06. The second kappa shape index (κ2) is 7.09. The molecule has 2 heterocycles. The zero-order valence-electron chi connectivity index (χ0n) is 16.6. The average Bonchev–Trinajstić information content (AvgIpc) is 2.98. The van der Waals surface area contributed by atoms with Crippen LogP contribution in [0.2, 0.25) is 0 Å². The van der Waals surface area contributed by atoms with Crippen molar-refractivity contribution in [1.82, 2.24) is 9.88 Å². The highest BCUT2D eigenvalue weighted by molar-refractivity contribution is 6.26. The molecular formula is C22H20N2O5. The molecule has 3 aromatic rings. The number of carbonyl (C=O) groups excluding carboxylic acids is 2. The minimum Gasteiger partial charge on any atom is -0.493 e. The Morgan fingerprint density at radius 2 is 1.52 bits per heavy atom. The second-order valence-corrected chi connectivity index (χ2v) is 6.69. The predicted molar refractivity (Wildman–Crippen MR) is 107 cm³/mol. The van der Waals surface area contributed by atoms with Crippen LogP contribution in [0.15, 0.2) is 36.4 Å². The lowest BCUT2D eigenvalue weighted by Crippen LogP contribution is -2.29. The van der Waals surface area contributed by atoms with E-state index in [1.54, 1.807) is 19.1 Å². The highest BCUT2D eigenvalue weighted by atomic mass is 16.5. The van der Waals surface area contributed by atoms with Crippen molar-refractivity contribution in [2.75, 3.05) is 21.3 Å². The van der Waals surface area contributed by atoms with Crippen molar-refractivity contribution in [1.29, 1.82) is 0 Å². The summed E-state index contributed by atoms with van der Waals surface area (Å²) in [5.74, 6) is 0.686. The molecule has 0 spiro atoms. The van der Waals surface area contributed by atoms with E-state index in [1.807, 2.05) is 24.3 Å². The van der Waals surface area contributed by atoms with E-state index in [1.165, 1.54) is 26.2 Å². The highest BCUT2D eigenvalue weighted by Crippen LogP contribution is 2.39. The lowest BCUT2D eigenvalue weighted by Gasteiger charge is -2.17. The number of hydrogen-bond acceptors (Lipinski definition) is 6. The van der Waals surface area contributed by atoms with Gasteiger partial charge in [-0.3, -0.25) is 19.5 Å². The van der Waals surface area contributed by atoms with Gasteiger partial charge >= 0.3 is 0 Å². The van der Waals surface area contributed by atoms with Crippen LogP contribution in [-0.4, -0.2) is 43.0 Å². The number of imide groups is 1. The zero-order valence-corrected chi connectivity index (χ0v) is 16.6. The Labute approximate surface area is 167 Å². The summed E-state index contributed by atoms with van der Waals surface area (Å²) >= 11 is 0. The van der Waals surface area contributed by atoms with Crippen LogP contribution in [0.3, 0.4) is 0 Å². The summed E-state index contributed by atoms with van der Waals surface area (Å²) in [6.07, 6.45) is 0. The van der Waals surface area contributed by atoms with Crippen molar-refractivity contribution < 1.29 is 23.8 Å². The number of methoxy groups -OCH3 is 3. The minimum atomic E-state index is -0.352. The van der Waals surface area contributed by atoms with Crippen molar-refractivity contribution in [3.05, 3.63) is 58.8 Å². The molecule has 4 rings (SSSR count). The molecule has 7 heteroatoms. The molecule has 0 atom stereocenters. The standard InChI is InChI=1S/C22H20N2O5/c1-12-18-19(14-7-5-6-8-15(14)23-12)22(26)24(21(18)25)11-13-9-16(27-2)20(29-4)17(10-13)28-3/h5-10H,11H2,1-4H3. The number of benzene rings is 2. The van der Waals surface area contributed by atoms with E-state index in [-0.39, 0.29) is 18.4 Å². The van der Waals surface area contributed by atoms with Crippen LogP contribution in [0.4, 0.5) is 0 Å². The van der Waals surface area contributed by atoms with E-state index in [4.69, 9.17) is 14.2 Å². The molecule has 0 N–H and O–H groups in total. The summed E-state index contributed by atoms with van der Waals surface area (Å²) in [6, 6.07) is 10.8. The maximum Gasteiger partial charge on any atom is 0.263 e. The Morgan fingerprint density at radius 1 is 0.897 bits per heavy atom. The van der Waals surface area contributed by atoms with Gasteiger partial charge in [-0.2, -0.15) is 0 Å². The van der Waals surface area contributed by atoms with Gasteiger partial charge < -0.3 is 14.2 Å². The maximum atomic E-state index is 13.2. The van der Waals surface area contributed by atoms with E-state index in [9.17, 15) is 9.59 Å². The van der Waals surface area contributed by atoms with Crippen LogP contribution in [0.5, 0.6) is 17.2 Å². The molecule has 29 heavy (non-hydrogen) atoms. The van der Waals surface area contributed by atoms with Crippen LogP contribution in [-0.2, 0) is 6.54 Å². The normalized spacial score (nSPS) is 13.0.